The van der Waals surface area contributed by atoms with Gasteiger partial charge in [0.25, 0.3) is 0 Å². The Morgan fingerprint density at radius 3 is 2.33 bits per heavy atom. The number of urea groups is 1. The van der Waals surface area contributed by atoms with E-state index in [1.54, 1.807) is 20.9 Å². The van der Waals surface area contributed by atoms with Crippen molar-refractivity contribution in [2.75, 3.05) is 20.3 Å². The zero-order valence-electron chi connectivity index (χ0n) is 12.8. The van der Waals surface area contributed by atoms with Crippen molar-refractivity contribution in [2.45, 2.75) is 45.6 Å². The van der Waals surface area contributed by atoms with Gasteiger partial charge in [0.1, 0.15) is 0 Å². The molecule has 0 spiro atoms. The number of aliphatic carboxylic acids is 1. The number of carbonyl (C=O) groups is 3. The molecule has 7 nitrogen and oxygen atoms in total. The lowest BCUT2D eigenvalue weighted by Crippen LogP contribution is -2.48. The quantitative estimate of drug-likeness (QED) is 0.796. The smallest absolute Gasteiger partial charge is 0.324 e. The molecule has 1 fully saturated rings. The number of nitrogens with one attached hydrogen (secondary N) is 1. The van der Waals surface area contributed by atoms with E-state index < -0.39 is 23.3 Å². The third-order valence-corrected chi connectivity index (χ3v) is 3.57. The van der Waals surface area contributed by atoms with Crippen molar-refractivity contribution in [3.05, 3.63) is 0 Å². The summed E-state index contributed by atoms with van der Waals surface area (Å²) in [7, 11) is 1.65. The first-order chi connectivity index (χ1) is 9.71. The van der Waals surface area contributed by atoms with E-state index in [1.165, 1.54) is 4.90 Å². The van der Waals surface area contributed by atoms with Crippen LogP contribution >= 0.6 is 0 Å². The Kier molecular flexibility index (Phi) is 6.14. The first-order valence-electron chi connectivity index (χ1n) is 7.07. The summed E-state index contributed by atoms with van der Waals surface area (Å²) in [5, 5.41) is 11.1. The number of rotatable bonds is 5. The van der Waals surface area contributed by atoms with Gasteiger partial charge in [-0.3, -0.25) is 14.9 Å². The van der Waals surface area contributed by atoms with Gasteiger partial charge in [-0.25, -0.2) is 4.79 Å². The maximum Gasteiger partial charge on any atom is 0.324 e. The monoisotopic (exact) mass is 300 g/mol. The van der Waals surface area contributed by atoms with E-state index in [0.29, 0.717) is 13.2 Å². The van der Waals surface area contributed by atoms with Crippen molar-refractivity contribution in [2.24, 2.45) is 5.41 Å². The van der Waals surface area contributed by atoms with Crippen LogP contribution in [0.1, 0.15) is 39.5 Å². The number of hydrogen-bond donors (Lipinski definition) is 2. The lowest BCUT2D eigenvalue weighted by atomic mass is 9.85. The van der Waals surface area contributed by atoms with Gasteiger partial charge < -0.3 is 14.7 Å². The number of ether oxygens (including phenoxy) is 1. The van der Waals surface area contributed by atoms with Crippen LogP contribution in [-0.4, -0.2) is 54.2 Å². The van der Waals surface area contributed by atoms with E-state index in [2.05, 4.69) is 5.32 Å². The van der Waals surface area contributed by atoms with Crippen LogP contribution in [-0.2, 0) is 14.3 Å². The number of carboxylic acids is 1. The highest BCUT2D eigenvalue weighted by Gasteiger charge is 2.28. The van der Waals surface area contributed by atoms with Crippen LogP contribution in [0.3, 0.4) is 0 Å². The highest BCUT2D eigenvalue weighted by Crippen LogP contribution is 2.24. The van der Waals surface area contributed by atoms with Gasteiger partial charge in [0.05, 0.1) is 6.42 Å². The molecule has 0 atom stereocenters. The molecule has 120 valence electrons. The van der Waals surface area contributed by atoms with Crippen molar-refractivity contribution < 1.29 is 24.2 Å². The maximum absolute atomic E-state index is 12.0. The zero-order valence-corrected chi connectivity index (χ0v) is 12.8. The summed E-state index contributed by atoms with van der Waals surface area (Å²) in [6, 6.07) is -0.378. The number of nitrogens with zero attached hydrogens (tertiary/aromatic N) is 1. The van der Waals surface area contributed by atoms with E-state index in [-0.39, 0.29) is 18.9 Å². The first kappa shape index (κ1) is 17.4. The number of carboxylic acid groups (broad SMARTS) is 1. The molecular weight excluding hydrogens is 276 g/mol. The number of imide groups is 1. The summed E-state index contributed by atoms with van der Waals surface area (Å²) >= 11 is 0. The second-order valence-corrected chi connectivity index (χ2v) is 6.22. The number of hydrogen-bond acceptors (Lipinski definition) is 4. The Labute approximate surface area is 124 Å². The highest BCUT2D eigenvalue weighted by atomic mass is 16.5. The predicted octanol–water partition coefficient (Wildman–Crippen LogP) is 1.22. The van der Waals surface area contributed by atoms with Gasteiger partial charge in [-0.1, -0.05) is 13.8 Å². The average Bonchev–Trinajstić information content (AvgIpc) is 2.36. The Balaban J connectivity index is 2.45. The van der Waals surface area contributed by atoms with Gasteiger partial charge >= 0.3 is 12.0 Å². The Morgan fingerprint density at radius 2 is 1.81 bits per heavy atom. The number of amides is 3. The molecule has 0 aromatic carbocycles. The van der Waals surface area contributed by atoms with Crippen molar-refractivity contribution >= 4 is 17.9 Å². The minimum Gasteiger partial charge on any atom is -0.481 e. The van der Waals surface area contributed by atoms with Crippen molar-refractivity contribution in [1.29, 1.82) is 0 Å². The van der Waals surface area contributed by atoms with Gasteiger partial charge in [-0.05, 0) is 18.3 Å². The third-order valence-electron chi connectivity index (χ3n) is 3.57. The molecule has 1 aliphatic heterocycles. The molecule has 1 heterocycles. The molecule has 0 aliphatic carbocycles. The van der Waals surface area contributed by atoms with Crippen LogP contribution in [0.25, 0.3) is 0 Å². The normalized spacial score (nSPS) is 16.3. The van der Waals surface area contributed by atoms with Crippen LogP contribution in [0, 0.1) is 5.41 Å². The van der Waals surface area contributed by atoms with Crippen LogP contribution in [0.2, 0.25) is 0 Å². The third kappa shape index (κ3) is 6.12. The summed E-state index contributed by atoms with van der Waals surface area (Å²) in [5.74, 6) is -1.41. The van der Waals surface area contributed by atoms with Crippen molar-refractivity contribution in [3.63, 3.8) is 0 Å². The predicted molar refractivity (Wildman–Crippen MR) is 75.8 cm³/mol. The van der Waals surface area contributed by atoms with Crippen LogP contribution in [0.5, 0.6) is 0 Å². The molecule has 1 aliphatic rings. The largest absolute Gasteiger partial charge is 0.481 e. The molecule has 0 aromatic heterocycles. The van der Waals surface area contributed by atoms with Crippen molar-refractivity contribution in [1.82, 2.24) is 10.2 Å². The summed E-state index contributed by atoms with van der Waals surface area (Å²) in [4.78, 5) is 36.1. The second kappa shape index (κ2) is 7.40. The zero-order chi connectivity index (χ0) is 16.0. The molecule has 7 heteroatoms. The van der Waals surface area contributed by atoms with Crippen LogP contribution in [0.4, 0.5) is 4.79 Å². The maximum atomic E-state index is 12.0. The van der Waals surface area contributed by atoms with E-state index >= 15 is 0 Å². The molecule has 1 saturated heterocycles. The van der Waals surface area contributed by atoms with Crippen LogP contribution < -0.4 is 5.32 Å². The molecule has 0 aromatic rings. The van der Waals surface area contributed by atoms with Gasteiger partial charge in [0.2, 0.25) is 5.91 Å². The van der Waals surface area contributed by atoms with E-state index in [4.69, 9.17) is 9.84 Å². The first-order valence-corrected chi connectivity index (χ1v) is 7.07. The lowest BCUT2D eigenvalue weighted by molar-refractivity contribution is -0.139. The van der Waals surface area contributed by atoms with Crippen molar-refractivity contribution in [3.8, 4) is 0 Å². The molecule has 0 unspecified atom stereocenters. The Morgan fingerprint density at radius 1 is 1.24 bits per heavy atom. The summed E-state index contributed by atoms with van der Waals surface area (Å²) < 4.78 is 5.23. The minimum atomic E-state index is -0.960. The average molecular weight is 300 g/mol. The van der Waals surface area contributed by atoms with Gasteiger partial charge in [0, 0.05) is 32.7 Å². The molecule has 0 saturated carbocycles. The fourth-order valence-corrected chi connectivity index (χ4v) is 2.40. The molecule has 21 heavy (non-hydrogen) atoms. The molecule has 0 bridgehead atoms. The van der Waals surface area contributed by atoms with E-state index in [9.17, 15) is 14.4 Å². The van der Waals surface area contributed by atoms with E-state index in [0.717, 1.165) is 12.8 Å². The lowest BCUT2D eigenvalue weighted by Gasteiger charge is -2.31. The molecule has 0 radical (unpaired) electrons. The summed E-state index contributed by atoms with van der Waals surface area (Å²) in [6.45, 7) is 4.60. The topological polar surface area (TPSA) is 95.9 Å². The molecule has 2 N–H and O–H groups in total. The van der Waals surface area contributed by atoms with Gasteiger partial charge in [-0.2, -0.15) is 0 Å². The molecule has 3 amide bonds. The summed E-state index contributed by atoms with van der Waals surface area (Å²) in [6.07, 6.45) is 1.38. The fourth-order valence-electron chi connectivity index (χ4n) is 2.40. The minimum absolute atomic E-state index is 0.00728. The van der Waals surface area contributed by atoms with Crippen LogP contribution in [0.15, 0.2) is 0 Å². The fraction of sp³-hybridized carbons (Fsp3) is 0.786. The van der Waals surface area contributed by atoms with E-state index in [1.807, 2.05) is 0 Å². The SMILES string of the molecule is CN(C(=O)NC(=O)CC(C)(C)CC(=O)O)C1CCOCC1. The van der Waals surface area contributed by atoms with Gasteiger partial charge in [-0.15, -0.1) is 0 Å². The Bertz CT molecular complexity index is 402. The molecular formula is C14H24N2O5. The highest BCUT2D eigenvalue weighted by molar-refractivity contribution is 5.94. The van der Waals surface area contributed by atoms with Gasteiger partial charge in [0.15, 0.2) is 0 Å². The molecule has 1 rings (SSSR count). The number of carbonyl (C=O) groups excluding carboxylic acids is 2. The Hall–Kier alpha value is -1.63. The standard InChI is InChI=1S/C14H24N2O5/c1-14(2,9-12(18)19)8-11(17)15-13(20)16(3)10-4-6-21-7-5-10/h10H,4-9H2,1-3H3,(H,18,19)(H,15,17,20). The summed E-state index contributed by atoms with van der Waals surface area (Å²) in [5.41, 5.74) is -0.687. The second-order valence-electron chi connectivity index (χ2n) is 6.22.